The molecule has 2 aromatic heterocycles. The number of benzene rings is 10. The molecule has 10 aromatic carbocycles. The van der Waals surface area contributed by atoms with Gasteiger partial charge in [-0.1, -0.05) is 146 Å². The van der Waals surface area contributed by atoms with Gasteiger partial charge >= 0.3 is 0 Å². The van der Waals surface area contributed by atoms with E-state index >= 15 is 0 Å². The summed E-state index contributed by atoms with van der Waals surface area (Å²) < 4.78 is 8.87. The number of hydrogen-bond donors (Lipinski definition) is 0. The molecule has 276 valence electrons. The zero-order valence-electron chi connectivity index (χ0n) is 32.1. The Kier molecular flexibility index (Phi) is 7.54. The largest absolute Gasteiger partial charge is 0.456 e. The van der Waals surface area contributed by atoms with Gasteiger partial charge in [-0.15, -0.1) is 0 Å². The Balaban J connectivity index is 1.06. The highest BCUT2D eigenvalue weighted by atomic mass is 16.3. The maximum atomic E-state index is 6.44. The van der Waals surface area contributed by atoms with Crippen molar-refractivity contribution in [3.8, 4) is 27.9 Å². The van der Waals surface area contributed by atoms with Crippen LogP contribution in [0.15, 0.2) is 223 Å². The average molecular weight is 753 g/mol. The van der Waals surface area contributed by atoms with Gasteiger partial charge < -0.3 is 13.9 Å². The van der Waals surface area contributed by atoms with Gasteiger partial charge in [0.15, 0.2) is 0 Å². The van der Waals surface area contributed by atoms with E-state index in [9.17, 15) is 0 Å². The molecule has 59 heavy (non-hydrogen) atoms. The van der Waals surface area contributed by atoms with Crippen molar-refractivity contribution in [3.63, 3.8) is 0 Å². The summed E-state index contributed by atoms with van der Waals surface area (Å²) in [4.78, 5) is 2.34. The zero-order valence-corrected chi connectivity index (χ0v) is 32.1. The summed E-state index contributed by atoms with van der Waals surface area (Å²) in [5, 5.41) is 9.71. The molecular weight excluding hydrogens is 717 g/mol. The highest BCUT2D eigenvalue weighted by Gasteiger charge is 2.20. The molecule has 12 rings (SSSR count). The SMILES string of the molecule is c1ccc(-c2ccc(N(c3cccc(-n4c5ccccc5c5c6c(-c7ccc8ccccc8c7)cccc6ccc54)c3)c3ccc4c(c3)oc3ccccc34)cc2)cc1. The summed E-state index contributed by atoms with van der Waals surface area (Å²) in [6.45, 7) is 0. The van der Waals surface area contributed by atoms with Crippen molar-refractivity contribution in [2.24, 2.45) is 0 Å². The molecule has 0 aliphatic carbocycles. The molecule has 0 N–H and O–H groups in total. The van der Waals surface area contributed by atoms with Crippen LogP contribution in [0, 0.1) is 0 Å². The normalized spacial score (nSPS) is 11.7. The predicted molar refractivity (Wildman–Crippen MR) is 249 cm³/mol. The molecule has 3 heteroatoms. The Hall–Kier alpha value is -7.88. The topological polar surface area (TPSA) is 21.3 Å². The number of para-hydroxylation sites is 2. The molecule has 0 saturated carbocycles. The number of hydrogen-bond acceptors (Lipinski definition) is 2. The third-order valence-electron chi connectivity index (χ3n) is 11.9. The van der Waals surface area contributed by atoms with Gasteiger partial charge in [0.05, 0.1) is 11.0 Å². The number of rotatable bonds is 6. The second-order valence-electron chi connectivity index (χ2n) is 15.3. The minimum absolute atomic E-state index is 0.863. The molecule has 0 radical (unpaired) electrons. The summed E-state index contributed by atoms with van der Waals surface area (Å²) in [5.41, 5.74) is 13.1. The lowest BCUT2D eigenvalue weighted by Gasteiger charge is -2.26. The number of anilines is 3. The minimum atomic E-state index is 0.863. The van der Waals surface area contributed by atoms with Gasteiger partial charge in [-0.2, -0.15) is 0 Å². The lowest BCUT2D eigenvalue weighted by molar-refractivity contribution is 0.669. The standard InChI is InChI=1S/C56H36N2O/c1-2-12-37(13-3-1)39-26-29-43(30-27-39)57(46-31-32-49-48-19-7-9-23-53(48)59-54(49)36-46)44-17-11-18-45(35-44)58-51-22-8-6-20-50(51)56-52(58)33-28-40-16-10-21-47(55(40)56)42-25-24-38-14-4-5-15-41(38)34-42/h1-36H. The Morgan fingerprint density at radius 1 is 0.339 bits per heavy atom. The minimum Gasteiger partial charge on any atom is -0.456 e. The van der Waals surface area contributed by atoms with Crippen LogP contribution < -0.4 is 4.90 Å². The lowest BCUT2D eigenvalue weighted by atomic mass is 9.93. The van der Waals surface area contributed by atoms with Crippen molar-refractivity contribution in [2.75, 3.05) is 4.90 Å². The van der Waals surface area contributed by atoms with E-state index in [-0.39, 0.29) is 0 Å². The Morgan fingerprint density at radius 2 is 1.00 bits per heavy atom. The van der Waals surface area contributed by atoms with Crippen LogP contribution in [0.3, 0.4) is 0 Å². The van der Waals surface area contributed by atoms with Crippen LogP contribution in [0.4, 0.5) is 17.1 Å². The molecule has 0 saturated heterocycles. The van der Waals surface area contributed by atoms with Crippen LogP contribution in [0.5, 0.6) is 0 Å². The monoisotopic (exact) mass is 752 g/mol. The van der Waals surface area contributed by atoms with Crippen molar-refractivity contribution in [2.45, 2.75) is 0 Å². The number of aromatic nitrogens is 1. The van der Waals surface area contributed by atoms with Gasteiger partial charge in [-0.25, -0.2) is 0 Å². The van der Waals surface area contributed by atoms with E-state index in [1.54, 1.807) is 0 Å². The molecule has 0 amide bonds. The van der Waals surface area contributed by atoms with E-state index in [2.05, 4.69) is 216 Å². The average Bonchev–Trinajstić information content (AvgIpc) is 3.85. The molecule has 0 aliphatic heterocycles. The zero-order chi connectivity index (χ0) is 38.9. The van der Waals surface area contributed by atoms with Gasteiger partial charge in [0.2, 0.25) is 0 Å². The van der Waals surface area contributed by atoms with Crippen LogP contribution in [0.2, 0.25) is 0 Å². The highest BCUT2D eigenvalue weighted by Crippen LogP contribution is 2.44. The Bertz CT molecular complexity index is 3560. The molecule has 0 bridgehead atoms. The number of fused-ring (bicyclic) bond motifs is 9. The summed E-state index contributed by atoms with van der Waals surface area (Å²) in [5.74, 6) is 0. The van der Waals surface area contributed by atoms with Crippen molar-refractivity contribution in [1.82, 2.24) is 4.57 Å². The van der Waals surface area contributed by atoms with Crippen LogP contribution in [0.25, 0.3) is 93.2 Å². The van der Waals surface area contributed by atoms with Crippen LogP contribution in [0.1, 0.15) is 0 Å². The molecule has 3 nitrogen and oxygen atoms in total. The number of furan rings is 1. The molecule has 0 aliphatic rings. The van der Waals surface area contributed by atoms with Gasteiger partial charge in [-0.3, -0.25) is 0 Å². The van der Waals surface area contributed by atoms with Crippen LogP contribution in [-0.2, 0) is 0 Å². The first-order valence-electron chi connectivity index (χ1n) is 20.2. The Labute approximate surface area is 341 Å². The predicted octanol–water partition coefficient (Wildman–Crippen LogP) is 15.8. The lowest BCUT2D eigenvalue weighted by Crippen LogP contribution is -2.10. The Morgan fingerprint density at radius 3 is 1.90 bits per heavy atom. The van der Waals surface area contributed by atoms with E-state index < -0.39 is 0 Å². The second kappa shape index (κ2) is 13.4. The van der Waals surface area contributed by atoms with Crippen LogP contribution >= 0.6 is 0 Å². The third kappa shape index (κ3) is 5.44. The van der Waals surface area contributed by atoms with E-state index in [0.29, 0.717) is 0 Å². The smallest absolute Gasteiger partial charge is 0.137 e. The molecule has 0 fully saturated rings. The summed E-state index contributed by atoms with van der Waals surface area (Å²) in [6, 6.07) is 78.8. The molecule has 0 atom stereocenters. The van der Waals surface area contributed by atoms with Crippen molar-refractivity contribution in [3.05, 3.63) is 218 Å². The second-order valence-corrected chi connectivity index (χ2v) is 15.3. The van der Waals surface area contributed by atoms with E-state index in [1.165, 1.54) is 65.6 Å². The van der Waals surface area contributed by atoms with Gasteiger partial charge in [0.25, 0.3) is 0 Å². The molecule has 0 unspecified atom stereocenters. The third-order valence-corrected chi connectivity index (χ3v) is 11.9. The van der Waals surface area contributed by atoms with Crippen molar-refractivity contribution in [1.29, 1.82) is 0 Å². The number of nitrogens with zero attached hydrogens (tertiary/aromatic N) is 2. The highest BCUT2D eigenvalue weighted by molar-refractivity contribution is 6.25. The van der Waals surface area contributed by atoms with Gasteiger partial charge in [0, 0.05) is 50.4 Å². The first-order valence-corrected chi connectivity index (χ1v) is 20.2. The van der Waals surface area contributed by atoms with Gasteiger partial charge in [0.1, 0.15) is 11.2 Å². The van der Waals surface area contributed by atoms with Crippen LogP contribution in [-0.4, -0.2) is 4.57 Å². The quantitative estimate of drug-likeness (QED) is 0.169. The molecular formula is C56H36N2O. The maximum absolute atomic E-state index is 6.44. The van der Waals surface area contributed by atoms with Crippen molar-refractivity contribution >= 4 is 82.4 Å². The first-order chi connectivity index (χ1) is 29.2. The first kappa shape index (κ1) is 33.3. The van der Waals surface area contributed by atoms with E-state index in [4.69, 9.17) is 4.42 Å². The summed E-state index contributed by atoms with van der Waals surface area (Å²) >= 11 is 0. The molecule has 12 aromatic rings. The van der Waals surface area contributed by atoms with E-state index in [1.807, 2.05) is 12.1 Å². The summed E-state index contributed by atoms with van der Waals surface area (Å²) in [7, 11) is 0. The van der Waals surface area contributed by atoms with E-state index in [0.717, 1.165) is 44.7 Å². The van der Waals surface area contributed by atoms with Crippen molar-refractivity contribution < 1.29 is 4.42 Å². The molecule has 0 spiro atoms. The fourth-order valence-corrected chi connectivity index (χ4v) is 9.22. The fourth-order valence-electron chi connectivity index (χ4n) is 9.22. The fraction of sp³-hybridized carbons (Fsp3) is 0. The summed E-state index contributed by atoms with van der Waals surface area (Å²) in [6.07, 6.45) is 0. The molecule has 2 heterocycles. The van der Waals surface area contributed by atoms with Gasteiger partial charge in [-0.05, 0) is 111 Å². The maximum Gasteiger partial charge on any atom is 0.137 e.